The summed E-state index contributed by atoms with van der Waals surface area (Å²) in [5, 5.41) is 3.67. The Morgan fingerprint density at radius 3 is 2.78 bits per heavy atom. The standard InChI is InChI=1S/C26H22N2O4/c29-25(28-21-12-5-8-17-7-1-2-9-18(17)21)16-32-26(30)20-15-23(24-13-6-14-31-24)27-22-11-4-3-10-19(20)22/h1-4,6-7,9-11,13-15,21H,5,8,12,16H2,(H,28,29). The van der Waals surface area contributed by atoms with Gasteiger partial charge >= 0.3 is 5.97 Å². The SMILES string of the molecule is O=C(COC(=O)c1cc(-c2ccco2)nc2ccccc12)NC1CCCc2ccccc21. The fraction of sp³-hybridized carbons (Fsp3) is 0.192. The summed E-state index contributed by atoms with van der Waals surface area (Å²) in [7, 11) is 0. The van der Waals surface area contributed by atoms with Crippen molar-refractivity contribution in [2.75, 3.05) is 6.61 Å². The second-order valence-electron chi connectivity index (χ2n) is 7.84. The average Bonchev–Trinajstić information content (AvgIpc) is 3.37. The molecule has 6 nitrogen and oxygen atoms in total. The number of benzene rings is 2. The molecule has 4 aromatic rings. The number of pyridine rings is 1. The van der Waals surface area contributed by atoms with Crippen LogP contribution in [0.4, 0.5) is 0 Å². The minimum absolute atomic E-state index is 0.0570. The molecule has 0 radical (unpaired) electrons. The summed E-state index contributed by atoms with van der Waals surface area (Å²) < 4.78 is 10.8. The van der Waals surface area contributed by atoms with Crippen LogP contribution >= 0.6 is 0 Å². The van der Waals surface area contributed by atoms with Gasteiger partial charge in [-0.3, -0.25) is 4.79 Å². The number of furan rings is 1. The van der Waals surface area contributed by atoms with E-state index < -0.39 is 5.97 Å². The predicted octanol–water partition coefficient (Wildman–Crippen LogP) is 4.85. The fourth-order valence-corrected chi connectivity index (χ4v) is 4.24. The molecule has 160 valence electrons. The number of ether oxygens (including phenoxy) is 1. The zero-order chi connectivity index (χ0) is 21.9. The lowest BCUT2D eigenvalue weighted by atomic mass is 9.88. The summed E-state index contributed by atoms with van der Waals surface area (Å²) in [4.78, 5) is 30.0. The summed E-state index contributed by atoms with van der Waals surface area (Å²) in [6, 6.07) is 20.6. The highest BCUT2D eigenvalue weighted by Gasteiger charge is 2.22. The van der Waals surface area contributed by atoms with Crippen LogP contribution in [0, 0.1) is 0 Å². The molecule has 1 N–H and O–H groups in total. The Kier molecular flexibility index (Phi) is 5.42. The van der Waals surface area contributed by atoms with Crippen molar-refractivity contribution in [3.63, 3.8) is 0 Å². The second kappa shape index (κ2) is 8.67. The van der Waals surface area contributed by atoms with Gasteiger partial charge in [0.05, 0.1) is 23.4 Å². The lowest BCUT2D eigenvalue weighted by Gasteiger charge is -2.26. The van der Waals surface area contributed by atoms with Gasteiger partial charge in [0.2, 0.25) is 0 Å². The average molecular weight is 426 g/mol. The molecule has 1 aliphatic rings. The number of carbonyl (C=O) groups is 2. The molecule has 1 unspecified atom stereocenters. The first-order valence-corrected chi connectivity index (χ1v) is 10.7. The van der Waals surface area contributed by atoms with Gasteiger partial charge in [0.15, 0.2) is 12.4 Å². The largest absolute Gasteiger partial charge is 0.463 e. The summed E-state index contributed by atoms with van der Waals surface area (Å²) >= 11 is 0. The molecule has 0 saturated heterocycles. The molecule has 1 amide bonds. The third-order valence-corrected chi connectivity index (χ3v) is 5.75. The molecule has 2 heterocycles. The summed E-state index contributed by atoms with van der Waals surface area (Å²) in [5.41, 5.74) is 3.93. The van der Waals surface area contributed by atoms with Gasteiger partial charge in [0, 0.05) is 5.39 Å². The molecule has 2 aromatic carbocycles. The number of esters is 1. The van der Waals surface area contributed by atoms with Crippen molar-refractivity contribution >= 4 is 22.8 Å². The molecule has 0 bridgehead atoms. The minimum atomic E-state index is -0.574. The van der Waals surface area contributed by atoms with Crippen molar-refractivity contribution in [3.8, 4) is 11.5 Å². The van der Waals surface area contributed by atoms with Gasteiger partial charge < -0.3 is 14.5 Å². The highest BCUT2D eigenvalue weighted by molar-refractivity contribution is 6.05. The van der Waals surface area contributed by atoms with E-state index in [-0.39, 0.29) is 18.6 Å². The molecule has 6 heteroatoms. The molecule has 0 saturated carbocycles. The van der Waals surface area contributed by atoms with E-state index in [4.69, 9.17) is 9.15 Å². The monoisotopic (exact) mass is 426 g/mol. The lowest BCUT2D eigenvalue weighted by molar-refractivity contribution is -0.125. The Morgan fingerprint density at radius 2 is 1.91 bits per heavy atom. The lowest BCUT2D eigenvalue weighted by Crippen LogP contribution is -2.34. The van der Waals surface area contributed by atoms with Gasteiger partial charge in [-0.25, -0.2) is 9.78 Å². The maximum absolute atomic E-state index is 12.9. The Morgan fingerprint density at radius 1 is 1.06 bits per heavy atom. The predicted molar refractivity (Wildman–Crippen MR) is 120 cm³/mol. The number of hydrogen-bond acceptors (Lipinski definition) is 5. The number of nitrogens with zero attached hydrogens (tertiary/aromatic N) is 1. The number of para-hydroxylation sites is 1. The molecular weight excluding hydrogens is 404 g/mol. The van der Waals surface area contributed by atoms with Crippen LogP contribution in [0.3, 0.4) is 0 Å². The molecule has 32 heavy (non-hydrogen) atoms. The quantitative estimate of drug-likeness (QED) is 0.462. The molecule has 5 rings (SSSR count). The van der Waals surface area contributed by atoms with Crippen molar-refractivity contribution in [1.29, 1.82) is 0 Å². The van der Waals surface area contributed by atoms with Crippen molar-refractivity contribution in [2.24, 2.45) is 0 Å². The summed E-state index contributed by atoms with van der Waals surface area (Å²) in [6.45, 7) is -0.343. The van der Waals surface area contributed by atoms with Crippen molar-refractivity contribution in [2.45, 2.75) is 25.3 Å². The van der Waals surface area contributed by atoms with E-state index in [1.54, 1.807) is 24.5 Å². The first kappa shape index (κ1) is 20.0. The number of rotatable bonds is 5. The number of aromatic nitrogens is 1. The van der Waals surface area contributed by atoms with E-state index in [0.717, 1.165) is 24.8 Å². The summed E-state index contributed by atoms with van der Waals surface area (Å²) in [6.07, 6.45) is 4.46. The molecular formula is C26H22N2O4. The first-order valence-electron chi connectivity index (χ1n) is 10.7. The van der Waals surface area contributed by atoms with E-state index in [1.807, 2.05) is 42.5 Å². The van der Waals surface area contributed by atoms with Crippen LogP contribution in [0.25, 0.3) is 22.4 Å². The zero-order valence-corrected chi connectivity index (χ0v) is 17.4. The Labute approximate surface area is 185 Å². The van der Waals surface area contributed by atoms with Gasteiger partial charge in [-0.15, -0.1) is 0 Å². The molecule has 1 aliphatic carbocycles. The highest BCUT2D eigenvalue weighted by atomic mass is 16.5. The van der Waals surface area contributed by atoms with Gasteiger partial charge in [-0.1, -0.05) is 42.5 Å². The van der Waals surface area contributed by atoms with E-state index in [9.17, 15) is 9.59 Å². The van der Waals surface area contributed by atoms with Gasteiger partial charge in [-0.2, -0.15) is 0 Å². The molecule has 0 aliphatic heterocycles. The first-order chi connectivity index (χ1) is 15.7. The van der Waals surface area contributed by atoms with Crippen LogP contribution in [0.1, 0.15) is 40.4 Å². The van der Waals surface area contributed by atoms with Crippen molar-refractivity contribution in [1.82, 2.24) is 10.3 Å². The number of amides is 1. The van der Waals surface area contributed by atoms with Gasteiger partial charge in [0.25, 0.3) is 5.91 Å². The van der Waals surface area contributed by atoms with Crippen molar-refractivity contribution < 1.29 is 18.7 Å². The minimum Gasteiger partial charge on any atom is -0.463 e. The number of fused-ring (bicyclic) bond motifs is 2. The van der Waals surface area contributed by atoms with Gasteiger partial charge in [-0.05, 0) is 54.7 Å². The van der Waals surface area contributed by atoms with Crippen LogP contribution in [-0.2, 0) is 16.0 Å². The molecule has 0 spiro atoms. The van der Waals surface area contributed by atoms with E-state index >= 15 is 0 Å². The maximum atomic E-state index is 12.9. The van der Waals surface area contributed by atoms with Crippen LogP contribution in [0.2, 0.25) is 0 Å². The topological polar surface area (TPSA) is 81.4 Å². The van der Waals surface area contributed by atoms with Crippen LogP contribution in [0.5, 0.6) is 0 Å². The van der Waals surface area contributed by atoms with Crippen molar-refractivity contribution in [3.05, 3.63) is 89.7 Å². The number of carbonyl (C=O) groups excluding carboxylic acids is 2. The Balaban J connectivity index is 1.32. The van der Waals surface area contributed by atoms with Crippen LogP contribution in [0.15, 0.2) is 77.4 Å². The smallest absolute Gasteiger partial charge is 0.339 e. The third-order valence-electron chi connectivity index (χ3n) is 5.75. The summed E-state index contributed by atoms with van der Waals surface area (Å²) in [5.74, 6) is -0.334. The Bertz CT molecular complexity index is 1280. The fourth-order valence-electron chi connectivity index (χ4n) is 4.24. The van der Waals surface area contributed by atoms with E-state index in [2.05, 4.69) is 16.4 Å². The maximum Gasteiger partial charge on any atom is 0.339 e. The second-order valence-corrected chi connectivity index (χ2v) is 7.84. The zero-order valence-electron chi connectivity index (χ0n) is 17.4. The van der Waals surface area contributed by atoms with Crippen LogP contribution < -0.4 is 5.32 Å². The molecule has 0 fully saturated rings. The molecule has 1 atom stereocenters. The van der Waals surface area contributed by atoms with E-state index in [0.29, 0.717) is 27.9 Å². The van der Waals surface area contributed by atoms with Crippen LogP contribution in [-0.4, -0.2) is 23.5 Å². The normalized spacial score (nSPS) is 15.2. The Hall–Kier alpha value is -3.93. The number of aryl methyl sites for hydroxylation is 1. The third kappa shape index (κ3) is 3.99. The van der Waals surface area contributed by atoms with Gasteiger partial charge in [0.1, 0.15) is 5.69 Å². The molecule has 2 aromatic heterocycles. The van der Waals surface area contributed by atoms with E-state index in [1.165, 1.54) is 5.56 Å². The number of hydrogen-bond donors (Lipinski definition) is 1. The number of nitrogens with one attached hydrogen (secondary N) is 1. The highest BCUT2D eigenvalue weighted by Crippen LogP contribution is 2.29.